The Morgan fingerprint density at radius 2 is 1.26 bits per heavy atom. The first kappa shape index (κ1) is 32.9. The summed E-state index contributed by atoms with van der Waals surface area (Å²) >= 11 is 0. The molecule has 0 saturated carbocycles. The van der Waals surface area contributed by atoms with Gasteiger partial charge in [-0.15, -0.1) is 0 Å². The second-order valence-corrected chi connectivity index (χ2v) is 11.2. The second-order valence-electron chi connectivity index (χ2n) is 11.2. The molecule has 5 nitrogen and oxygen atoms in total. The fourth-order valence-corrected chi connectivity index (χ4v) is 4.54. The number of ether oxygens (including phenoxy) is 3. The van der Waals surface area contributed by atoms with Crippen LogP contribution in [0, 0.1) is 5.92 Å². The Labute approximate surface area is 252 Å². The first-order valence-corrected chi connectivity index (χ1v) is 15.8. The van der Waals surface area contributed by atoms with E-state index in [0.29, 0.717) is 30.3 Å². The van der Waals surface area contributed by atoms with Crippen LogP contribution in [0.1, 0.15) is 101 Å². The van der Waals surface area contributed by atoms with Crippen molar-refractivity contribution in [2.75, 3.05) is 13.2 Å². The lowest BCUT2D eigenvalue weighted by atomic mass is 10.0. The highest BCUT2D eigenvalue weighted by atomic mass is 16.5. The number of unbranched alkanes of at least 4 members (excludes halogenated alkanes) is 7. The van der Waals surface area contributed by atoms with E-state index in [4.69, 9.17) is 14.2 Å². The van der Waals surface area contributed by atoms with Crippen molar-refractivity contribution in [2.45, 2.75) is 91.4 Å². The SMILES string of the molecule is CCCCCCCCCCOc1ccc(-c2ccc(CCC(=O)Oc3ccc(C(=O)OCC(C)CC)cc3)cc2)cc1. The monoisotopic (exact) mass is 572 g/mol. The number of benzene rings is 3. The van der Waals surface area contributed by atoms with Gasteiger partial charge in [0.15, 0.2) is 0 Å². The maximum atomic E-state index is 12.4. The van der Waals surface area contributed by atoms with Crippen LogP contribution in [0.2, 0.25) is 0 Å². The van der Waals surface area contributed by atoms with Crippen molar-refractivity contribution in [3.05, 3.63) is 83.9 Å². The quantitative estimate of drug-likeness (QED) is 0.0813. The van der Waals surface area contributed by atoms with Gasteiger partial charge < -0.3 is 14.2 Å². The zero-order valence-electron chi connectivity index (χ0n) is 25.7. The van der Waals surface area contributed by atoms with Crippen LogP contribution >= 0.6 is 0 Å². The third-order valence-electron chi connectivity index (χ3n) is 7.54. The zero-order valence-corrected chi connectivity index (χ0v) is 25.7. The lowest BCUT2D eigenvalue weighted by Gasteiger charge is -2.10. The molecular formula is C37H48O5. The van der Waals surface area contributed by atoms with E-state index in [9.17, 15) is 9.59 Å². The topological polar surface area (TPSA) is 61.8 Å². The maximum Gasteiger partial charge on any atom is 0.338 e. The van der Waals surface area contributed by atoms with E-state index in [2.05, 4.69) is 50.2 Å². The van der Waals surface area contributed by atoms with Crippen LogP contribution in [0.25, 0.3) is 11.1 Å². The maximum absolute atomic E-state index is 12.4. The molecule has 0 fully saturated rings. The summed E-state index contributed by atoms with van der Waals surface area (Å²) in [4.78, 5) is 24.5. The molecule has 3 rings (SSSR count). The molecule has 0 aliphatic rings. The zero-order chi connectivity index (χ0) is 30.0. The van der Waals surface area contributed by atoms with Crippen LogP contribution in [0.5, 0.6) is 11.5 Å². The summed E-state index contributed by atoms with van der Waals surface area (Å²) in [7, 11) is 0. The molecular weight excluding hydrogens is 524 g/mol. The second kappa shape index (κ2) is 18.8. The normalized spacial score (nSPS) is 11.6. The van der Waals surface area contributed by atoms with Crippen molar-refractivity contribution in [1.29, 1.82) is 0 Å². The van der Waals surface area contributed by atoms with Gasteiger partial charge in [-0.25, -0.2) is 4.79 Å². The third kappa shape index (κ3) is 12.1. The number of carbonyl (C=O) groups is 2. The number of aryl methyl sites for hydroxylation is 1. The van der Waals surface area contributed by atoms with Gasteiger partial charge in [-0.2, -0.15) is 0 Å². The van der Waals surface area contributed by atoms with Gasteiger partial charge in [0.05, 0.1) is 18.8 Å². The van der Waals surface area contributed by atoms with Gasteiger partial charge in [-0.3, -0.25) is 4.79 Å². The van der Waals surface area contributed by atoms with Crippen LogP contribution < -0.4 is 9.47 Å². The average Bonchev–Trinajstić information content (AvgIpc) is 3.02. The van der Waals surface area contributed by atoms with Crippen molar-refractivity contribution < 1.29 is 23.8 Å². The highest BCUT2D eigenvalue weighted by Gasteiger charge is 2.11. The molecule has 0 saturated heterocycles. The Bertz CT molecular complexity index is 1180. The minimum atomic E-state index is -0.366. The standard InChI is InChI=1S/C37H48O5/c1-4-6-7-8-9-10-11-12-27-40-34-22-18-32(19-23-34)31-16-13-30(14-17-31)15-26-36(38)42-35-24-20-33(21-25-35)37(39)41-28-29(3)5-2/h13-14,16-25,29H,4-12,15,26-28H2,1-3H3. The highest BCUT2D eigenvalue weighted by molar-refractivity contribution is 5.89. The Morgan fingerprint density at radius 1 is 0.690 bits per heavy atom. The van der Waals surface area contributed by atoms with Gasteiger partial charge in [0.1, 0.15) is 11.5 Å². The molecule has 42 heavy (non-hydrogen) atoms. The van der Waals surface area contributed by atoms with E-state index in [0.717, 1.165) is 41.9 Å². The van der Waals surface area contributed by atoms with E-state index in [-0.39, 0.29) is 18.4 Å². The van der Waals surface area contributed by atoms with Crippen LogP contribution in [0.4, 0.5) is 0 Å². The van der Waals surface area contributed by atoms with Crippen molar-refractivity contribution in [1.82, 2.24) is 0 Å². The number of hydrogen-bond donors (Lipinski definition) is 0. The summed E-state index contributed by atoms with van der Waals surface area (Å²) in [6.45, 7) is 7.52. The summed E-state index contributed by atoms with van der Waals surface area (Å²) in [6.07, 6.45) is 12.2. The highest BCUT2D eigenvalue weighted by Crippen LogP contribution is 2.24. The number of rotatable bonds is 19. The summed E-state index contributed by atoms with van der Waals surface area (Å²) in [5, 5.41) is 0. The summed E-state index contributed by atoms with van der Waals surface area (Å²) in [5.41, 5.74) is 3.77. The Balaban J connectivity index is 1.35. The molecule has 1 unspecified atom stereocenters. The van der Waals surface area contributed by atoms with E-state index < -0.39 is 0 Å². The molecule has 0 aliphatic heterocycles. The molecule has 0 amide bonds. The molecule has 3 aromatic carbocycles. The molecule has 226 valence electrons. The predicted octanol–water partition coefficient (Wildman–Crippen LogP) is 9.61. The molecule has 0 radical (unpaired) electrons. The van der Waals surface area contributed by atoms with Gasteiger partial charge in [0, 0.05) is 6.42 Å². The number of carbonyl (C=O) groups excluding carboxylic acids is 2. The molecule has 0 aromatic heterocycles. The van der Waals surface area contributed by atoms with E-state index in [1.807, 2.05) is 19.1 Å². The first-order chi connectivity index (χ1) is 20.5. The number of hydrogen-bond acceptors (Lipinski definition) is 5. The van der Waals surface area contributed by atoms with E-state index in [1.165, 1.54) is 44.9 Å². The summed E-state index contributed by atoms with van der Waals surface area (Å²) in [6, 6.07) is 23.0. The molecule has 1 atom stereocenters. The van der Waals surface area contributed by atoms with Crippen LogP contribution in [-0.2, 0) is 16.0 Å². The smallest absolute Gasteiger partial charge is 0.338 e. The van der Waals surface area contributed by atoms with Gasteiger partial charge >= 0.3 is 11.9 Å². The third-order valence-corrected chi connectivity index (χ3v) is 7.54. The minimum absolute atomic E-state index is 0.267. The number of esters is 2. The molecule has 0 N–H and O–H groups in total. The lowest BCUT2D eigenvalue weighted by Crippen LogP contribution is -2.12. The van der Waals surface area contributed by atoms with Crippen molar-refractivity contribution in [3.63, 3.8) is 0 Å². The van der Waals surface area contributed by atoms with Crippen molar-refractivity contribution >= 4 is 11.9 Å². The first-order valence-electron chi connectivity index (χ1n) is 15.8. The van der Waals surface area contributed by atoms with Crippen LogP contribution in [-0.4, -0.2) is 25.2 Å². The van der Waals surface area contributed by atoms with Crippen molar-refractivity contribution in [3.8, 4) is 22.6 Å². The summed E-state index contributed by atoms with van der Waals surface area (Å²) in [5.74, 6) is 0.974. The molecule has 0 bridgehead atoms. The minimum Gasteiger partial charge on any atom is -0.494 e. The van der Waals surface area contributed by atoms with Gasteiger partial charge in [-0.05, 0) is 71.8 Å². The molecule has 3 aromatic rings. The summed E-state index contributed by atoms with van der Waals surface area (Å²) < 4.78 is 16.7. The van der Waals surface area contributed by atoms with Crippen LogP contribution in [0.3, 0.4) is 0 Å². The fourth-order valence-electron chi connectivity index (χ4n) is 4.54. The van der Waals surface area contributed by atoms with E-state index >= 15 is 0 Å². The Hall–Kier alpha value is -3.60. The Kier molecular flexibility index (Phi) is 14.7. The molecule has 0 aliphatic carbocycles. The van der Waals surface area contributed by atoms with Gasteiger partial charge in [-0.1, -0.05) is 109 Å². The molecule has 5 heteroatoms. The van der Waals surface area contributed by atoms with Gasteiger partial charge in [0.2, 0.25) is 0 Å². The largest absolute Gasteiger partial charge is 0.494 e. The van der Waals surface area contributed by atoms with Crippen molar-refractivity contribution in [2.24, 2.45) is 5.92 Å². The molecule has 0 heterocycles. The fraction of sp³-hybridized carbons (Fsp3) is 0.459. The molecule has 0 spiro atoms. The van der Waals surface area contributed by atoms with Gasteiger partial charge in [0.25, 0.3) is 0 Å². The average molecular weight is 573 g/mol. The Morgan fingerprint density at radius 3 is 1.88 bits per heavy atom. The van der Waals surface area contributed by atoms with E-state index in [1.54, 1.807) is 24.3 Å². The van der Waals surface area contributed by atoms with Crippen LogP contribution in [0.15, 0.2) is 72.8 Å². The lowest BCUT2D eigenvalue weighted by molar-refractivity contribution is -0.134. The predicted molar refractivity (Wildman–Crippen MR) is 170 cm³/mol.